The van der Waals surface area contributed by atoms with Crippen molar-refractivity contribution in [1.82, 2.24) is 19.7 Å². The van der Waals surface area contributed by atoms with Crippen molar-refractivity contribution in [2.24, 2.45) is 0 Å². The molecule has 0 N–H and O–H groups in total. The van der Waals surface area contributed by atoms with Crippen LogP contribution in [0.2, 0.25) is 0 Å². The predicted octanol–water partition coefficient (Wildman–Crippen LogP) is 6.19. The van der Waals surface area contributed by atoms with E-state index < -0.39 is 0 Å². The SMILES string of the molecule is Cc1cccc2c1N(CCCN1CCC(=C(c3ccccc3)c3ccccc3)CC1)Cc1nnc(C)n1-2. The number of benzene rings is 3. The zero-order valence-electron chi connectivity index (χ0n) is 21.9. The van der Waals surface area contributed by atoms with Gasteiger partial charge in [0.15, 0.2) is 5.82 Å². The summed E-state index contributed by atoms with van der Waals surface area (Å²) in [4.78, 5) is 5.15. The summed E-state index contributed by atoms with van der Waals surface area (Å²) in [7, 11) is 0. The lowest BCUT2D eigenvalue weighted by molar-refractivity contribution is 0.254. The second kappa shape index (κ2) is 10.3. The number of hydrogen-bond acceptors (Lipinski definition) is 4. The van der Waals surface area contributed by atoms with Crippen molar-refractivity contribution in [3.8, 4) is 5.69 Å². The molecule has 0 radical (unpaired) electrons. The molecule has 1 aromatic heterocycles. The maximum absolute atomic E-state index is 4.46. The summed E-state index contributed by atoms with van der Waals surface area (Å²) in [5.41, 5.74) is 9.55. The summed E-state index contributed by atoms with van der Waals surface area (Å²) in [6.45, 7) is 9.49. The van der Waals surface area contributed by atoms with E-state index in [4.69, 9.17) is 0 Å². The molecule has 1 saturated heterocycles. The standard InChI is InChI=1S/C32H35N5/c1-24-11-9-16-29-32(24)36(23-30-34-33-25(2)37(29)30)20-10-19-35-21-17-28(18-22-35)31(26-12-5-3-6-13-26)27-14-7-4-8-15-27/h3-9,11-16H,10,17-23H2,1-2H3. The maximum Gasteiger partial charge on any atom is 0.157 e. The van der Waals surface area contributed by atoms with Gasteiger partial charge in [0.05, 0.1) is 17.9 Å². The third kappa shape index (κ3) is 4.72. The molecule has 6 rings (SSSR count). The molecule has 0 amide bonds. The number of fused-ring (bicyclic) bond motifs is 3. The van der Waals surface area contributed by atoms with Crippen LogP contribution >= 0.6 is 0 Å². The molecule has 4 aromatic rings. The predicted molar refractivity (Wildman–Crippen MR) is 151 cm³/mol. The molecule has 1 fully saturated rings. The Balaban J connectivity index is 1.13. The summed E-state index contributed by atoms with van der Waals surface area (Å²) < 4.78 is 2.22. The third-order valence-electron chi connectivity index (χ3n) is 7.84. The minimum Gasteiger partial charge on any atom is -0.362 e. The minimum absolute atomic E-state index is 0.823. The van der Waals surface area contributed by atoms with Crippen molar-refractivity contribution in [3.05, 3.63) is 113 Å². The van der Waals surface area contributed by atoms with Crippen molar-refractivity contribution in [2.45, 2.75) is 39.7 Å². The van der Waals surface area contributed by atoms with Crippen molar-refractivity contribution >= 4 is 11.3 Å². The van der Waals surface area contributed by atoms with Crippen LogP contribution in [0.1, 0.15) is 47.6 Å². The number of anilines is 1. The van der Waals surface area contributed by atoms with E-state index in [-0.39, 0.29) is 0 Å². The van der Waals surface area contributed by atoms with Gasteiger partial charge in [-0.1, -0.05) is 78.4 Å². The summed E-state index contributed by atoms with van der Waals surface area (Å²) >= 11 is 0. The highest BCUT2D eigenvalue weighted by atomic mass is 15.3. The van der Waals surface area contributed by atoms with Crippen molar-refractivity contribution in [3.63, 3.8) is 0 Å². The van der Waals surface area contributed by atoms with Gasteiger partial charge in [-0.3, -0.25) is 4.57 Å². The lowest BCUT2D eigenvalue weighted by Crippen LogP contribution is -2.36. The fraction of sp³-hybridized carbons (Fsp3) is 0.312. The van der Waals surface area contributed by atoms with Crippen molar-refractivity contribution in [1.29, 1.82) is 0 Å². The molecule has 5 heteroatoms. The highest BCUT2D eigenvalue weighted by Crippen LogP contribution is 2.35. The number of hydrogen-bond donors (Lipinski definition) is 0. The van der Waals surface area contributed by atoms with E-state index in [0.717, 1.165) is 63.6 Å². The van der Waals surface area contributed by atoms with E-state index in [9.17, 15) is 0 Å². The van der Waals surface area contributed by atoms with Crippen LogP contribution in [0.4, 0.5) is 5.69 Å². The van der Waals surface area contributed by atoms with Crippen LogP contribution in [0, 0.1) is 13.8 Å². The topological polar surface area (TPSA) is 37.2 Å². The summed E-state index contributed by atoms with van der Waals surface area (Å²) in [6.07, 6.45) is 3.41. The summed E-state index contributed by atoms with van der Waals surface area (Å²) in [5, 5.41) is 8.82. The van der Waals surface area contributed by atoms with Gasteiger partial charge < -0.3 is 9.80 Å². The molecule has 2 aliphatic rings. The highest BCUT2D eigenvalue weighted by Gasteiger charge is 2.26. The van der Waals surface area contributed by atoms with E-state index >= 15 is 0 Å². The largest absolute Gasteiger partial charge is 0.362 e. The molecule has 3 heterocycles. The van der Waals surface area contributed by atoms with Gasteiger partial charge >= 0.3 is 0 Å². The Morgan fingerprint density at radius 2 is 1.43 bits per heavy atom. The van der Waals surface area contributed by atoms with Crippen molar-refractivity contribution < 1.29 is 0 Å². The fourth-order valence-corrected chi connectivity index (χ4v) is 6.06. The number of aromatic nitrogens is 3. The van der Waals surface area contributed by atoms with Crippen LogP contribution in [-0.4, -0.2) is 45.8 Å². The van der Waals surface area contributed by atoms with Gasteiger partial charge in [0.2, 0.25) is 0 Å². The molecule has 2 aliphatic heterocycles. The van der Waals surface area contributed by atoms with Crippen LogP contribution in [0.5, 0.6) is 0 Å². The third-order valence-corrected chi connectivity index (χ3v) is 7.84. The van der Waals surface area contributed by atoms with Crippen molar-refractivity contribution in [2.75, 3.05) is 31.1 Å². The Kier molecular flexibility index (Phi) is 6.62. The molecular weight excluding hydrogens is 454 g/mol. The molecule has 37 heavy (non-hydrogen) atoms. The van der Waals surface area contributed by atoms with Crippen LogP contribution in [-0.2, 0) is 6.54 Å². The molecule has 0 unspecified atom stereocenters. The van der Waals surface area contributed by atoms with E-state index in [2.05, 4.69) is 110 Å². The monoisotopic (exact) mass is 489 g/mol. The average molecular weight is 490 g/mol. The quantitative estimate of drug-likeness (QED) is 0.324. The number of rotatable bonds is 6. The first-order valence-corrected chi connectivity index (χ1v) is 13.5. The molecule has 188 valence electrons. The Hall–Kier alpha value is -3.70. The second-order valence-electron chi connectivity index (χ2n) is 10.3. The fourth-order valence-electron chi connectivity index (χ4n) is 6.06. The smallest absolute Gasteiger partial charge is 0.157 e. The van der Waals surface area contributed by atoms with Crippen LogP contribution in [0.25, 0.3) is 11.3 Å². The van der Waals surface area contributed by atoms with Crippen LogP contribution in [0.15, 0.2) is 84.4 Å². The van der Waals surface area contributed by atoms with Gasteiger partial charge in [-0.05, 0) is 68.0 Å². The molecule has 0 saturated carbocycles. The number of piperidine rings is 1. The number of likely N-dealkylation sites (tertiary alicyclic amines) is 1. The van der Waals surface area contributed by atoms with Gasteiger partial charge in [-0.2, -0.15) is 0 Å². The zero-order valence-corrected chi connectivity index (χ0v) is 21.9. The first-order chi connectivity index (χ1) is 18.2. The molecule has 5 nitrogen and oxygen atoms in total. The first-order valence-electron chi connectivity index (χ1n) is 13.5. The Morgan fingerprint density at radius 3 is 2.11 bits per heavy atom. The number of aryl methyl sites for hydroxylation is 2. The van der Waals surface area contributed by atoms with Gasteiger partial charge in [-0.25, -0.2) is 0 Å². The summed E-state index contributed by atoms with van der Waals surface area (Å²) in [5.74, 6) is 2.00. The molecule has 0 spiro atoms. The first kappa shape index (κ1) is 23.7. The molecule has 0 atom stereocenters. The highest BCUT2D eigenvalue weighted by molar-refractivity contribution is 5.82. The van der Waals surface area contributed by atoms with Gasteiger partial charge in [0, 0.05) is 19.6 Å². The van der Waals surface area contributed by atoms with Gasteiger partial charge in [-0.15, -0.1) is 10.2 Å². The van der Waals surface area contributed by atoms with E-state index in [0.29, 0.717) is 0 Å². The zero-order chi connectivity index (χ0) is 25.2. The second-order valence-corrected chi connectivity index (χ2v) is 10.3. The normalized spacial score (nSPS) is 15.4. The lowest BCUT2D eigenvalue weighted by Gasteiger charge is -2.34. The number of nitrogens with zero attached hydrogens (tertiary/aromatic N) is 5. The average Bonchev–Trinajstić information content (AvgIpc) is 3.31. The van der Waals surface area contributed by atoms with E-state index in [1.165, 1.54) is 33.6 Å². The number of para-hydroxylation sites is 1. The van der Waals surface area contributed by atoms with Gasteiger partial charge in [0.1, 0.15) is 5.82 Å². The molecule has 0 aliphatic carbocycles. The maximum atomic E-state index is 4.46. The molecule has 3 aromatic carbocycles. The van der Waals surface area contributed by atoms with Crippen LogP contribution < -0.4 is 4.90 Å². The minimum atomic E-state index is 0.823. The van der Waals surface area contributed by atoms with E-state index in [1.807, 2.05) is 6.92 Å². The summed E-state index contributed by atoms with van der Waals surface area (Å²) in [6, 6.07) is 28.4. The van der Waals surface area contributed by atoms with Crippen LogP contribution in [0.3, 0.4) is 0 Å². The Morgan fingerprint density at radius 1 is 0.757 bits per heavy atom. The molecular formula is C32H35N5. The lowest BCUT2D eigenvalue weighted by atomic mass is 9.88. The van der Waals surface area contributed by atoms with Gasteiger partial charge in [0.25, 0.3) is 0 Å². The Labute approximate surface area is 220 Å². The molecule has 0 bridgehead atoms. The Bertz CT molecular complexity index is 1350. The van der Waals surface area contributed by atoms with E-state index in [1.54, 1.807) is 5.57 Å².